The van der Waals surface area contributed by atoms with Crippen molar-refractivity contribution in [2.45, 2.75) is 40.0 Å². The van der Waals surface area contributed by atoms with Gasteiger partial charge in [-0.2, -0.15) is 0 Å². The van der Waals surface area contributed by atoms with Crippen LogP contribution in [0.2, 0.25) is 0 Å². The molecule has 2 rings (SSSR count). The zero-order valence-corrected chi connectivity index (χ0v) is 14.3. The molecule has 6 heteroatoms. The van der Waals surface area contributed by atoms with E-state index in [-0.39, 0.29) is 18.3 Å². The van der Waals surface area contributed by atoms with Crippen LogP contribution < -0.4 is 0 Å². The number of ether oxygens (including phenoxy) is 3. The normalized spacial score (nSPS) is 28.1. The second-order valence-electron chi connectivity index (χ2n) is 6.87. The molecule has 0 N–H and O–H groups in total. The quantitative estimate of drug-likeness (QED) is 0.334. The summed E-state index contributed by atoms with van der Waals surface area (Å²) < 4.78 is 15.1. The molecule has 0 bridgehead atoms. The van der Waals surface area contributed by atoms with E-state index in [0.717, 1.165) is 6.42 Å². The van der Waals surface area contributed by atoms with Crippen LogP contribution in [0.3, 0.4) is 0 Å². The standard InChI is InChI=1S/C17H24O6/c1-10(2)6-13(23-11(3)18)16-7-12(16)8-17(9-16,14(19)21-4)15(20)22-5/h6,10,12H,7-9H2,1-5H3/b13-6+/t12-,16-/m1/s1. The molecular formula is C17H24O6. The predicted octanol–water partition coefficient (Wildman–Crippen LogP) is 2.22. The highest BCUT2D eigenvalue weighted by atomic mass is 16.5. The zero-order valence-electron chi connectivity index (χ0n) is 14.3. The number of carbonyl (C=O) groups excluding carboxylic acids is 3. The van der Waals surface area contributed by atoms with Crippen LogP contribution in [0.25, 0.3) is 0 Å². The van der Waals surface area contributed by atoms with Gasteiger partial charge in [-0.05, 0) is 37.2 Å². The first-order valence-corrected chi connectivity index (χ1v) is 7.79. The van der Waals surface area contributed by atoms with Crippen LogP contribution in [0, 0.1) is 22.7 Å². The summed E-state index contributed by atoms with van der Waals surface area (Å²) in [6.45, 7) is 5.33. The molecule has 0 amide bonds. The van der Waals surface area contributed by atoms with E-state index >= 15 is 0 Å². The van der Waals surface area contributed by atoms with Gasteiger partial charge in [0, 0.05) is 12.3 Å². The van der Waals surface area contributed by atoms with Gasteiger partial charge >= 0.3 is 17.9 Å². The zero-order chi connectivity index (χ0) is 17.4. The molecule has 2 saturated carbocycles. The van der Waals surface area contributed by atoms with E-state index in [1.165, 1.54) is 21.1 Å². The van der Waals surface area contributed by atoms with Crippen molar-refractivity contribution in [2.24, 2.45) is 22.7 Å². The van der Waals surface area contributed by atoms with Gasteiger partial charge < -0.3 is 14.2 Å². The van der Waals surface area contributed by atoms with Crippen LogP contribution in [-0.4, -0.2) is 32.1 Å². The fourth-order valence-corrected chi connectivity index (χ4v) is 3.83. The van der Waals surface area contributed by atoms with Gasteiger partial charge in [-0.15, -0.1) is 0 Å². The molecule has 2 atom stereocenters. The van der Waals surface area contributed by atoms with Crippen molar-refractivity contribution < 1.29 is 28.6 Å². The molecule has 0 saturated heterocycles. The molecule has 0 heterocycles. The van der Waals surface area contributed by atoms with Gasteiger partial charge in [0.2, 0.25) is 0 Å². The van der Waals surface area contributed by atoms with E-state index < -0.39 is 28.7 Å². The minimum absolute atomic E-state index is 0.116. The van der Waals surface area contributed by atoms with Crippen molar-refractivity contribution in [1.82, 2.24) is 0 Å². The maximum absolute atomic E-state index is 12.3. The van der Waals surface area contributed by atoms with E-state index in [0.29, 0.717) is 12.2 Å². The van der Waals surface area contributed by atoms with Crippen molar-refractivity contribution in [3.63, 3.8) is 0 Å². The lowest BCUT2D eigenvalue weighted by Crippen LogP contribution is -2.41. The van der Waals surface area contributed by atoms with E-state index in [2.05, 4.69) is 0 Å². The van der Waals surface area contributed by atoms with E-state index in [4.69, 9.17) is 14.2 Å². The average molecular weight is 324 g/mol. The third-order valence-corrected chi connectivity index (χ3v) is 4.83. The highest BCUT2D eigenvalue weighted by molar-refractivity contribution is 6.01. The molecule has 23 heavy (non-hydrogen) atoms. The largest absolute Gasteiger partial charge is 0.468 e. The molecule has 2 aliphatic rings. The summed E-state index contributed by atoms with van der Waals surface area (Å²) in [4.78, 5) is 36.0. The molecule has 0 unspecified atom stereocenters. The van der Waals surface area contributed by atoms with Crippen molar-refractivity contribution in [1.29, 1.82) is 0 Å². The molecule has 0 aromatic heterocycles. The molecule has 0 aromatic carbocycles. The first-order valence-electron chi connectivity index (χ1n) is 7.79. The summed E-state index contributed by atoms with van der Waals surface area (Å²) in [5.74, 6) is -0.688. The Kier molecular flexibility index (Phi) is 4.55. The lowest BCUT2D eigenvalue weighted by atomic mass is 9.80. The highest BCUT2D eigenvalue weighted by Gasteiger charge is 2.73. The summed E-state index contributed by atoms with van der Waals surface area (Å²) in [6, 6.07) is 0. The topological polar surface area (TPSA) is 78.9 Å². The Labute approximate surface area is 136 Å². The number of methoxy groups -OCH3 is 2. The van der Waals surface area contributed by atoms with E-state index in [1.54, 1.807) is 0 Å². The molecule has 0 spiro atoms. The van der Waals surface area contributed by atoms with Gasteiger partial charge in [0.15, 0.2) is 5.41 Å². The highest BCUT2D eigenvalue weighted by Crippen LogP contribution is 2.73. The van der Waals surface area contributed by atoms with E-state index in [9.17, 15) is 14.4 Å². The van der Waals surface area contributed by atoms with Crippen LogP contribution in [-0.2, 0) is 28.6 Å². The van der Waals surface area contributed by atoms with E-state index in [1.807, 2.05) is 19.9 Å². The first-order chi connectivity index (χ1) is 10.7. The molecule has 128 valence electrons. The monoisotopic (exact) mass is 324 g/mol. The van der Waals surface area contributed by atoms with Gasteiger partial charge in [0.05, 0.1) is 14.2 Å². The maximum Gasteiger partial charge on any atom is 0.323 e. The second kappa shape index (κ2) is 5.98. The SMILES string of the molecule is COC(=O)C1(C(=O)OC)C[C@H]2C[C@@]2(/C(=C\C(C)C)OC(C)=O)C1. The molecular weight excluding hydrogens is 300 g/mol. The van der Waals surface area contributed by atoms with Gasteiger partial charge in [-0.25, -0.2) is 0 Å². The molecule has 2 fully saturated rings. The smallest absolute Gasteiger partial charge is 0.323 e. The number of hydrogen-bond donors (Lipinski definition) is 0. The summed E-state index contributed by atoms with van der Waals surface area (Å²) in [5.41, 5.74) is -1.75. The Hall–Kier alpha value is -1.85. The summed E-state index contributed by atoms with van der Waals surface area (Å²) in [6.07, 6.45) is 3.32. The van der Waals surface area contributed by atoms with Gasteiger partial charge in [0.25, 0.3) is 0 Å². The second-order valence-corrected chi connectivity index (χ2v) is 6.87. The number of allylic oxidation sites excluding steroid dienone is 2. The molecule has 0 radical (unpaired) electrons. The number of carbonyl (C=O) groups is 3. The lowest BCUT2D eigenvalue weighted by molar-refractivity contribution is -0.169. The van der Waals surface area contributed by atoms with Crippen molar-refractivity contribution in [3.8, 4) is 0 Å². The number of fused-ring (bicyclic) bond motifs is 1. The Morgan fingerprint density at radius 2 is 1.65 bits per heavy atom. The summed E-state index contributed by atoms with van der Waals surface area (Å²) in [5, 5.41) is 0. The van der Waals surface area contributed by atoms with Crippen molar-refractivity contribution in [3.05, 3.63) is 11.8 Å². The molecule has 0 aromatic rings. The predicted molar refractivity (Wildman–Crippen MR) is 80.9 cm³/mol. The molecule has 6 nitrogen and oxygen atoms in total. The number of hydrogen-bond acceptors (Lipinski definition) is 6. The fraction of sp³-hybridized carbons (Fsp3) is 0.706. The minimum atomic E-state index is -1.30. The van der Waals surface area contributed by atoms with Crippen LogP contribution >= 0.6 is 0 Å². The number of esters is 3. The molecule has 2 aliphatic carbocycles. The maximum atomic E-state index is 12.3. The van der Waals surface area contributed by atoms with Crippen LogP contribution in [0.5, 0.6) is 0 Å². The lowest BCUT2D eigenvalue weighted by Gasteiger charge is -2.27. The van der Waals surface area contributed by atoms with Crippen LogP contribution in [0.15, 0.2) is 11.8 Å². The van der Waals surface area contributed by atoms with Gasteiger partial charge in [-0.1, -0.05) is 13.8 Å². The Morgan fingerprint density at radius 3 is 2.09 bits per heavy atom. The van der Waals surface area contributed by atoms with Crippen LogP contribution in [0.4, 0.5) is 0 Å². The van der Waals surface area contributed by atoms with Crippen molar-refractivity contribution >= 4 is 17.9 Å². The summed E-state index contributed by atoms with van der Waals surface area (Å²) in [7, 11) is 2.53. The van der Waals surface area contributed by atoms with Gasteiger partial charge in [0.1, 0.15) is 5.76 Å². The molecule has 0 aliphatic heterocycles. The van der Waals surface area contributed by atoms with Gasteiger partial charge in [-0.3, -0.25) is 14.4 Å². The average Bonchev–Trinajstić information content (AvgIpc) is 3.06. The van der Waals surface area contributed by atoms with Crippen LogP contribution in [0.1, 0.15) is 40.0 Å². The Balaban J connectivity index is 2.37. The number of rotatable bonds is 5. The minimum Gasteiger partial charge on any atom is -0.468 e. The third kappa shape index (κ3) is 2.86. The first kappa shape index (κ1) is 17.5. The third-order valence-electron chi connectivity index (χ3n) is 4.83. The Bertz CT molecular complexity index is 545. The fourth-order valence-electron chi connectivity index (χ4n) is 3.83. The summed E-state index contributed by atoms with van der Waals surface area (Å²) >= 11 is 0. The van der Waals surface area contributed by atoms with Crippen molar-refractivity contribution in [2.75, 3.05) is 14.2 Å². The Morgan fingerprint density at radius 1 is 1.09 bits per heavy atom.